The number of fused-ring (bicyclic) bond motifs is 2. The van der Waals surface area contributed by atoms with E-state index in [1.165, 1.54) is 18.4 Å². The molecule has 4 atom stereocenters. The number of hydrogen-bond acceptors (Lipinski definition) is 5. The summed E-state index contributed by atoms with van der Waals surface area (Å²) < 4.78 is 4.93. The van der Waals surface area contributed by atoms with Crippen LogP contribution in [0.4, 0.5) is 5.00 Å². The highest BCUT2D eigenvalue weighted by Crippen LogP contribution is 2.53. The molecule has 2 aliphatic rings. The van der Waals surface area contributed by atoms with Crippen molar-refractivity contribution in [3.8, 4) is 11.1 Å². The topological polar surface area (TPSA) is 92.7 Å². The number of halogens is 1. The highest BCUT2D eigenvalue weighted by atomic mass is 35.5. The zero-order chi connectivity index (χ0) is 20.7. The lowest BCUT2D eigenvalue weighted by molar-refractivity contribution is -0.148. The Hall–Kier alpha value is -2.38. The van der Waals surface area contributed by atoms with Gasteiger partial charge in [-0.2, -0.15) is 0 Å². The molecule has 4 rings (SSSR count). The van der Waals surface area contributed by atoms with Gasteiger partial charge < -0.3 is 15.2 Å². The van der Waals surface area contributed by atoms with Crippen LogP contribution >= 0.6 is 22.9 Å². The number of anilines is 1. The summed E-state index contributed by atoms with van der Waals surface area (Å²) in [5, 5.41) is 15.0. The number of amides is 1. The summed E-state index contributed by atoms with van der Waals surface area (Å²) in [5.74, 6) is -2.98. The van der Waals surface area contributed by atoms with Crippen molar-refractivity contribution in [2.45, 2.75) is 19.3 Å². The van der Waals surface area contributed by atoms with E-state index in [0.29, 0.717) is 21.2 Å². The van der Waals surface area contributed by atoms with Gasteiger partial charge in [0.25, 0.3) is 0 Å². The minimum atomic E-state index is -0.923. The van der Waals surface area contributed by atoms with E-state index in [1.807, 2.05) is 6.07 Å². The number of nitrogens with one attached hydrogen (secondary N) is 1. The van der Waals surface area contributed by atoms with E-state index in [1.54, 1.807) is 23.6 Å². The minimum Gasteiger partial charge on any atom is -0.481 e. The number of benzene rings is 1. The molecule has 0 aliphatic heterocycles. The normalized spacial score (nSPS) is 25.0. The molecule has 0 radical (unpaired) electrons. The van der Waals surface area contributed by atoms with Crippen LogP contribution in [0.3, 0.4) is 0 Å². The predicted molar refractivity (Wildman–Crippen MR) is 110 cm³/mol. The molecular weight excluding hydrogens is 414 g/mol. The third-order valence-corrected chi connectivity index (χ3v) is 7.31. The molecule has 152 valence electrons. The van der Waals surface area contributed by atoms with Gasteiger partial charge in [0.15, 0.2) is 0 Å². The van der Waals surface area contributed by atoms with Gasteiger partial charge in [0.1, 0.15) is 10.6 Å². The molecule has 8 heteroatoms. The quantitative estimate of drug-likeness (QED) is 0.675. The van der Waals surface area contributed by atoms with Crippen LogP contribution < -0.4 is 5.32 Å². The van der Waals surface area contributed by atoms with E-state index in [9.17, 15) is 19.5 Å². The Morgan fingerprint density at radius 3 is 2.48 bits per heavy atom. The first kappa shape index (κ1) is 19.9. The number of methoxy groups -OCH3 is 1. The molecule has 29 heavy (non-hydrogen) atoms. The summed E-state index contributed by atoms with van der Waals surface area (Å²) in [6, 6.07) is 7.12. The standard InChI is InChI=1S/C21H20ClNO5S/c1-28-21(27)17-13(12-4-2-3-5-14(12)22)9-29-19(17)23-18(24)15-10-6-7-11(8-10)16(15)20(25)26/h2-5,9-11,15-16H,6-8H2,1H3,(H,23,24)(H,25,26)/t10-,11-,15+,16-/m0/s1. The smallest absolute Gasteiger partial charge is 0.341 e. The Balaban J connectivity index is 1.67. The van der Waals surface area contributed by atoms with Gasteiger partial charge in [0.2, 0.25) is 5.91 Å². The van der Waals surface area contributed by atoms with Crippen molar-refractivity contribution in [3.05, 3.63) is 40.2 Å². The number of ether oxygens (including phenoxy) is 1. The second kappa shape index (κ2) is 7.80. The number of carbonyl (C=O) groups excluding carboxylic acids is 2. The largest absolute Gasteiger partial charge is 0.481 e. The lowest BCUT2D eigenvalue weighted by Crippen LogP contribution is -2.37. The fourth-order valence-corrected chi connectivity index (χ4v) is 6.04. The van der Waals surface area contributed by atoms with Gasteiger partial charge in [-0.05, 0) is 37.2 Å². The molecule has 1 aromatic heterocycles. The maximum atomic E-state index is 13.0. The molecule has 2 bridgehead atoms. The first-order valence-electron chi connectivity index (χ1n) is 9.40. The summed E-state index contributed by atoms with van der Waals surface area (Å²) in [6.45, 7) is 0. The fraction of sp³-hybridized carbons (Fsp3) is 0.381. The summed E-state index contributed by atoms with van der Waals surface area (Å²) >= 11 is 7.50. The number of rotatable bonds is 5. The summed E-state index contributed by atoms with van der Waals surface area (Å²) in [4.78, 5) is 37.3. The molecule has 1 aromatic carbocycles. The Labute approximate surface area is 176 Å². The molecule has 2 saturated carbocycles. The SMILES string of the molecule is COC(=O)c1c(-c2ccccc2Cl)csc1NC(=O)[C@@H]1[C@H]2CC[C@@H](C2)[C@@H]1C(=O)O. The number of carboxylic acids is 1. The van der Waals surface area contributed by atoms with Gasteiger partial charge in [0, 0.05) is 21.5 Å². The second-order valence-electron chi connectivity index (χ2n) is 7.54. The average Bonchev–Trinajstić information content (AvgIpc) is 3.42. The number of esters is 1. The highest BCUT2D eigenvalue weighted by Gasteiger charge is 2.54. The lowest BCUT2D eigenvalue weighted by atomic mass is 9.79. The molecule has 0 saturated heterocycles. The molecule has 2 N–H and O–H groups in total. The van der Waals surface area contributed by atoms with Crippen LogP contribution in [-0.4, -0.2) is 30.1 Å². The van der Waals surface area contributed by atoms with Crippen LogP contribution in [-0.2, 0) is 14.3 Å². The number of thiophene rings is 1. The van der Waals surface area contributed by atoms with Gasteiger partial charge in [0.05, 0.1) is 18.9 Å². The first-order valence-corrected chi connectivity index (χ1v) is 10.7. The molecular formula is C21H20ClNO5S. The van der Waals surface area contributed by atoms with Crippen molar-refractivity contribution >= 4 is 45.8 Å². The molecule has 2 aliphatic carbocycles. The van der Waals surface area contributed by atoms with Crippen LogP contribution in [0.2, 0.25) is 5.02 Å². The molecule has 1 heterocycles. The lowest BCUT2D eigenvalue weighted by Gasteiger charge is -2.26. The third kappa shape index (κ3) is 3.42. The number of aliphatic carboxylic acids is 1. The van der Waals surface area contributed by atoms with Crippen molar-refractivity contribution in [2.24, 2.45) is 23.7 Å². The minimum absolute atomic E-state index is 0.0512. The van der Waals surface area contributed by atoms with Crippen molar-refractivity contribution < 1.29 is 24.2 Å². The number of carbonyl (C=O) groups is 3. The van der Waals surface area contributed by atoms with Crippen molar-refractivity contribution in [1.29, 1.82) is 0 Å². The van der Waals surface area contributed by atoms with E-state index in [4.69, 9.17) is 16.3 Å². The third-order valence-electron chi connectivity index (χ3n) is 6.09. The van der Waals surface area contributed by atoms with E-state index < -0.39 is 23.8 Å². The van der Waals surface area contributed by atoms with Crippen LogP contribution in [0.15, 0.2) is 29.6 Å². The average molecular weight is 434 g/mol. The van der Waals surface area contributed by atoms with Gasteiger partial charge in [-0.15, -0.1) is 11.3 Å². The number of carboxylic acid groups (broad SMARTS) is 1. The zero-order valence-electron chi connectivity index (χ0n) is 15.7. The van der Waals surface area contributed by atoms with Crippen LogP contribution in [0.1, 0.15) is 29.6 Å². The molecule has 0 unspecified atom stereocenters. The summed E-state index contributed by atoms with van der Waals surface area (Å²) in [7, 11) is 1.28. The van der Waals surface area contributed by atoms with Crippen molar-refractivity contribution in [1.82, 2.24) is 0 Å². The Morgan fingerprint density at radius 1 is 1.14 bits per heavy atom. The van der Waals surface area contributed by atoms with Gasteiger partial charge in [-0.1, -0.05) is 29.8 Å². The van der Waals surface area contributed by atoms with Gasteiger partial charge in [-0.3, -0.25) is 9.59 Å². The second-order valence-corrected chi connectivity index (χ2v) is 8.82. The predicted octanol–water partition coefficient (Wildman–Crippen LogP) is 4.54. The molecule has 1 amide bonds. The van der Waals surface area contributed by atoms with E-state index in [-0.39, 0.29) is 23.3 Å². The van der Waals surface area contributed by atoms with Crippen LogP contribution in [0, 0.1) is 23.7 Å². The maximum absolute atomic E-state index is 13.0. The molecule has 2 aromatic rings. The van der Waals surface area contributed by atoms with Gasteiger partial charge >= 0.3 is 11.9 Å². The monoisotopic (exact) mass is 433 g/mol. The Morgan fingerprint density at radius 2 is 1.83 bits per heavy atom. The van der Waals surface area contributed by atoms with E-state index >= 15 is 0 Å². The Bertz CT molecular complexity index is 987. The summed E-state index contributed by atoms with van der Waals surface area (Å²) in [5.41, 5.74) is 1.47. The molecule has 6 nitrogen and oxygen atoms in total. The highest BCUT2D eigenvalue weighted by molar-refractivity contribution is 7.15. The Kier molecular flexibility index (Phi) is 5.36. The molecule has 0 spiro atoms. The first-order chi connectivity index (χ1) is 13.9. The number of hydrogen-bond donors (Lipinski definition) is 2. The zero-order valence-corrected chi connectivity index (χ0v) is 17.3. The van der Waals surface area contributed by atoms with E-state index in [2.05, 4.69) is 5.32 Å². The maximum Gasteiger partial charge on any atom is 0.341 e. The molecule has 2 fully saturated rings. The van der Waals surface area contributed by atoms with Crippen molar-refractivity contribution in [3.63, 3.8) is 0 Å². The fourth-order valence-electron chi connectivity index (χ4n) is 4.85. The van der Waals surface area contributed by atoms with E-state index in [0.717, 1.165) is 19.3 Å². The summed E-state index contributed by atoms with van der Waals surface area (Å²) in [6.07, 6.45) is 2.49. The van der Waals surface area contributed by atoms with Crippen LogP contribution in [0.25, 0.3) is 11.1 Å². The van der Waals surface area contributed by atoms with Gasteiger partial charge in [-0.25, -0.2) is 4.79 Å². The van der Waals surface area contributed by atoms with Crippen LogP contribution in [0.5, 0.6) is 0 Å². The van der Waals surface area contributed by atoms with Crippen molar-refractivity contribution in [2.75, 3.05) is 12.4 Å².